The molecule has 0 radical (unpaired) electrons. The lowest BCUT2D eigenvalue weighted by Gasteiger charge is -2.16. The van der Waals surface area contributed by atoms with Crippen LogP contribution in [-0.4, -0.2) is 30.6 Å². The molecule has 0 unspecified atom stereocenters. The molecule has 7 heteroatoms. The number of hydrogen-bond acceptors (Lipinski definition) is 5. The first kappa shape index (κ1) is 19.1. The van der Waals surface area contributed by atoms with Crippen LogP contribution >= 0.6 is 0 Å². The first-order chi connectivity index (χ1) is 11.8. The van der Waals surface area contributed by atoms with E-state index in [1.54, 1.807) is 42.5 Å². The Kier molecular flexibility index (Phi) is 6.30. The largest absolute Gasteiger partial charge is 0.392 e. The summed E-state index contributed by atoms with van der Waals surface area (Å²) in [5.41, 5.74) is 1.52. The Bertz CT molecular complexity index is 803. The molecule has 0 heterocycles. The molecule has 0 fully saturated rings. The van der Waals surface area contributed by atoms with E-state index in [1.807, 2.05) is 11.6 Å². The summed E-state index contributed by atoms with van der Waals surface area (Å²) in [4.78, 5) is 11.9. The van der Waals surface area contributed by atoms with Crippen molar-refractivity contribution in [1.29, 1.82) is 0 Å². The SMILES string of the molecule is Cc1ccc(S(=O)(=O)NC(=O)C[C@@H](O)C[C@@H](O)c2ccccc2)cc1. The highest BCUT2D eigenvalue weighted by Crippen LogP contribution is 2.19. The fourth-order valence-electron chi connectivity index (χ4n) is 2.33. The number of aliphatic hydroxyl groups is 2. The molecule has 2 rings (SSSR count). The zero-order valence-corrected chi connectivity index (χ0v) is 14.6. The molecule has 1 amide bonds. The summed E-state index contributed by atoms with van der Waals surface area (Å²) in [5, 5.41) is 20.0. The van der Waals surface area contributed by atoms with Gasteiger partial charge in [0.1, 0.15) is 0 Å². The maximum absolute atomic E-state index is 12.1. The van der Waals surface area contributed by atoms with Crippen molar-refractivity contribution in [2.24, 2.45) is 0 Å². The van der Waals surface area contributed by atoms with Crippen LogP contribution in [0.3, 0.4) is 0 Å². The third kappa shape index (κ3) is 5.67. The Morgan fingerprint density at radius 2 is 1.64 bits per heavy atom. The smallest absolute Gasteiger partial charge is 0.264 e. The highest BCUT2D eigenvalue weighted by Gasteiger charge is 2.21. The van der Waals surface area contributed by atoms with Crippen LogP contribution in [0.2, 0.25) is 0 Å². The van der Waals surface area contributed by atoms with Gasteiger partial charge in [-0.15, -0.1) is 0 Å². The number of aliphatic hydroxyl groups excluding tert-OH is 2. The van der Waals surface area contributed by atoms with E-state index in [0.29, 0.717) is 5.56 Å². The summed E-state index contributed by atoms with van der Waals surface area (Å²) in [6.07, 6.45) is -2.59. The van der Waals surface area contributed by atoms with Gasteiger partial charge in [-0.05, 0) is 24.6 Å². The van der Waals surface area contributed by atoms with Gasteiger partial charge in [-0.2, -0.15) is 0 Å². The molecule has 2 aromatic carbocycles. The first-order valence-electron chi connectivity index (χ1n) is 7.81. The van der Waals surface area contributed by atoms with Gasteiger partial charge >= 0.3 is 0 Å². The molecule has 6 nitrogen and oxygen atoms in total. The van der Waals surface area contributed by atoms with Crippen molar-refractivity contribution in [3.63, 3.8) is 0 Å². The Hall–Kier alpha value is -2.22. The zero-order valence-electron chi connectivity index (χ0n) is 13.8. The molecule has 25 heavy (non-hydrogen) atoms. The van der Waals surface area contributed by atoms with E-state index in [4.69, 9.17) is 0 Å². The lowest BCUT2D eigenvalue weighted by Crippen LogP contribution is -2.33. The van der Waals surface area contributed by atoms with Crippen LogP contribution in [0.15, 0.2) is 59.5 Å². The van der Waals surface area contributed by atoms with Gasteiger partial charge < -0.3 is 10.2 Å². The minimum atomic E-state index is -3.98. The molecular formula is C18H21NO5S. The van der Waals surface area contributed by atoms with Gasteiger partial charge in [-0.25, -0.2) is 13.1 Å². The first-order valence-corrected chi connectivity index (χ1v) is 9.29. The van der Waals surface area contributed by atoms with Crippen molar-refractivity contribution >= 4 is 15.9 Å². The van der Waals surface area contributed by atoms with Crippen LogP contribution < -0.4 is 4.72 Å². The topological polar surface area (TPSA) is 104 Å². The quantitative estimate of drug-likeness (QED) is 0.694. The van der Waals surface area contributed by atoms with E-state index >= 15 is 0 Å². The molecule has 2 atom stereocenters. The number of rotatable bonds is 7. The Labute approximate surface area is 147 Å². The average Bonchev–Trinajstić information content (AvgIpc) is 2.55. The van der Waals surface area contributed by atoms with E-state index in [0.717, 1.165) is 5.56 Å². The number of carbonyl (C=O) groups is 1. The number of nitrogens with one attached hydrogen (secondary N) is 1. The number of aryl methyl sites for hydroxylation is 1. The second kappa shape index (κ2) is 8.24. The van der Waals surface area contributed by atoms with Crippen molar-refractivity contribution in [3.05, 3.63) is 65.7 Å². The summed E-state index contributed by atoms with van der Waals surface area (Å²) in [6, 6.07) is 14.8. The molecule has 0 bridgehead atoms. The monoisotopic (exact) mass is 363 g/mol. The van der Waals surface area contributed by atoms with Gasteiger partial charge in [0.15, 0.2) is 0 Å². The van der Waals surface area contributed by atoms with E-state index in [2.05, 4.69) is 0 Å². The molecule has 0 saturated carbocycles. The summed E-state index contributed by atoms with van der Waals surface area (Å²) in [5.74, 6) is -0.826. The predicted molar refractivity (Wildman–Crippen MR) is 93.2 cm³/mol. The third-order valence-electron chi connectivity index (χ3n) is 3.68. The second-order valence-corrected chi connectivity index (χ2v) is 7.54. The van der Waals surface area contributed by atoms with Crippen molar-refractivity contribution in [3.8, 4) is 0 Å². The summed E-state index contributed by atoms with van der Waals surface area (Å²) in [7, 11) is -3.98. The third-order valence-corrected chi connectivity index (χ3v) is 5.07. The van der Waals surface area contributed by atoms with E-state index in [1.165, 1.54) is 12.1 Å². The van der Waals surface area contributed by atoms with Crippen molar-refractivity contribution in [2.45, 2.75) is 36.9 Å². The molecule has 0 aliphatic carbocycles. The van der Waals surface area contributed by atoms with Crippen molar-refractivity contribution < 1.29 is 23.4 Å². The summed E-state index contributed by atoms with van der Waals surface area (Å²) in [6.45, 7) is 1.82. The predicted octanol–water partition coefficient (Wildman–Crippen LogP) is 1.67. The van der Waals surface area contributed by atoms with Gasteiger partial charge in [-0.3, -0.25) is 4.79 Å². The summed E-state index contributed by atoms with van der Waals surface area (Å²) >= 11 is 0. The normalized spacial score (nSPS) is 13.9. The number of carbonyl (C=O) groups excluding carboxylic acids is 1. The number of sulfonamides is 1. The molecule has 0 spiro atoms. The Morgan fingerprint density at radius 3 is 2.24 bits per heavy atom. The Morgan fingerprint density at radius 1 is 1.04 bits per heavy atom. The van der Waals surface area contributed by atoms with Crippen molar-refractivity contribution in [2.75, 3.05) is 0 Å². The minimum absolute atomic E-state index is 0.0229. The van der Waals surface area contributed by atoms with E-state index < -0.39 is 34.6 Å². The molecule has 0 aromatic heterocycles. The minimum Gasteiger partial charge on any atom is -0.392 e. The molecule has 0 saturated heterocycles. The van der Waals surface area contributed by atoms with Crippen LogP contribution in [0.5, 0.6) is 0 Å². The molecular weight excluding hydrogens is 342 g/mol. The van der Waals surface area contributed by atoms with Crippen molar-refractivity contribution in [1.82, 2.24) is 4.72 Å². The van der Waals surface area contributed by atoms with E-state index in [9.17, 15) is 23.4 Å². The average molecular weight is 363 g/mol. The zero-order chi connectivity index (χ0) is 18.4. The molecule has 3 N–H and O–H groups in total. The highest BCUT2D eigenvalue weighted by atomic mass is 32.2. The number of benzene rings is 2. The number of hydrogen-bond donors (Lipinski definition) is 3. The summed E-state index contributed by atoms with van der Waals surface area (Å²) < 4.78 is 26.2. The van der Waals surface area contributed by atoms with Gasteiger partial charge in [0, 0.05) is 6.42 Å². The van der Waals surface area contributed by atoms with Gasteiger partial charge in [0.25, 0.3) is 10.0 Å². The van der Waals surface area contributed by atoms with Crippen LogP contribution in [-0.2, 0) is 14.8 Å². The second-order valence-electron chi connectivity index (χ2n) is 5.86. The molecule has 2 aromatic rings. The van der Waals surface area contributed by atoms with Crippen LogP contribution in [0, 0.1) is 6.92 Å². The molecule has 0 aliphatic rings. The van der Waals surface area contributed by atoms with Crippen LogP contribution in [0.4, 0.5) is 0 Å². The lowest BCUT2D eigenvalue weighted by atomic mass is 10.0. The Balaban J connectivity index is 1.91. The lowest BCUT2D eigenvalue weighted by molar-refractivity contribution is -0.121. The van der Waals surface area contributed by atoms with E-state index in [-0.39, 0.29) is 11.3 Å². The maximum atomic E-state index is 12.1. The fourth-order valence-corrected chi connectivity index (χ4v) is 3.33. The van der Waals surface area contributed by atoms with Crippen LogP contribution in [0.1, 0.15) is 30.1 Å². The fraction of sp³-hybridized carbons (Fsp3) is 0.278. The van der Waals surface area contributed by atoms with Gasteiger partial charge in [0.2, 0.25) is 5.91 Å². The maximum Gasteiger partial charge on any atom is 0.264 e. The highest BCUT2D eigenvalue weighted by molar-refractivity contribution is 7.90. The number of amides is 1. The van der Waals surface area contributed by atoms with Gasteiger partial charge in [0.05, 0.1) is 23.5 Å². The van der Waals surface area contributed by atoms with Crippen LogP contribution in [0.25, 0.3) is 0 Å². The molecule has 134 valence electrons. The van der Waals surface area contributed by atoms with Gasteiger partial charge in [-0.1, -0.05) is 48.0 Å². The molecule has 0 aliphatic heterocycles. The standard InChI is InChI=1S/C18H21NO5S/c1-13-7-9-16(10-8-13)25(23,24)19-18(22)12-15(20)11-17(21)14-5-3-2-4-6-14/h2-10,15,17,20-21H,11-12H2,1H3,(H,19,22)/t15-,17+/m0/s1.